The number of halogens is 2. The van der Waals surface area contributed by atoms with Crippen molar-refractivity contribution in [3.05, 3.63) is 28.0 Å². The molecule has 0 aliphatic carbocycles. The zero-order chi connectivity index (χ0) is 14.0. The number of carboxylic acids is 1. The highest BCUT2D eigenvalue weighted by atomic mass is 79.9. The van der Waals surface area contributed by atoms with Gasteiger partial charge in [-0.3, -0.25) is 0 Å². The van der Waals surface area contributed by atoms with E-state index in [1.807, 2.05) is 0 Å². The Hall–Kier alpha value is -1.10. The minimum atomic E-state index is -1.12. The van der Waals surface area contributed by atoms with Crippen LogP contribution in [-0.4, -0.2) is 23.7 Å². The van der Waals surface area contributed by atoms with E-state index in [-0.39, 0.29) is 10.0 Å². The minimum Gasteiger partial charge on any atom is -0.478 e. The highest BCUT2D eigenvalue weighted by Gasteiger charge is 2.25. The second kappa shape index (κ2) is 5.90. The summed E-state index contributed by atoms with van der Waals surface area (Å²) >= 11 is 3.06. The normalized spacial score (nSPS) is 19.5. The van der Waals surface area contributed by atoms with Crippen molar-refractivity contribution in [1.82, 2.24) is 0 Å². The lowest BCUT2D eigenvalue weighted by Crippen LogP contribution is -2.39. The number of carboxylic acid groups (broad SMARTS) is 1. The Morgan fingerprint density at radius 2 is 2.26 bits per heavy atom. The third-order valence-electron chi connectivity index (χ3n) is 3.70. The fourth-order valence-electron chi connectivity index (χ4n) is 2.67. The molecule has 0 aromatic heterocycles. The third-order valence-corrected chi connectivity index (χ3v) is 4.48. The van der Waals surface area contributed by atoms with Crippen LogP contribution >= 0.6 is 15.9 Å². The molecule has 0 saturated carbocycles. The molecular weight excluding hydrogens is 313 g/mol. The van der Waals surface area contributed by atoms with Crippen LogP contribution in [0.4, 0.5) is 10.1 Å². The summed E-state index contributed by atoms with van der Waals surface area (Å²) in [5.41, 5.74) is 0.467. The average molecular weight is 330 g/mol. The molecule has 1 aliphatic rings. The van der Waals surface area contributed by atoms with Crippen LogP contribution in [0.3, 0.4) is 0 Å². The lowest BCUT2D eigenvalue weighted by atomic mass is 9.99. The summed E-state index contributed by atoms with van der Waals surface area (Å²) in [4.78, 5) is 13.0. The van der Waals surface area contributed by atoms with E-state index in [4.69, 9.17) is 5.11 Å². The summed E-state index contributed by atoms with van der Waals surface area (Å²) in [5, 5.41) is 8.98. The van der Waals surface area contributed by atoms with Gasteiger partial charge in [-0.2, -0.15) is 0 Å². The van der Waals surface area contributed by atoms with Crippen molar-refractivity contribution in [2.75, 3.05) is 11.4 Å². The third kappa shape index (κ3) is 2.76. The van der Waals surface area contributed by atoms with Gasteiger partial charge in [-0.15, -0.1) is 0 Å². The molecular formula is C14H17BrFNO2. The maximum absolute atomic E-state index is 14.4. The molecule has 0 amide bonds. The van der Waals surface area contributed by atoms with E-state index in [9.17, 15) is 9.18 Å². The Kier molecular flexibility index (Phi) is 4.45. The number of nitrogens with zero attached hydrogens (tertiary/aromatic N) is 1. The molecule has 1 fully saturated rings. The lowest BCUT2D eigenvalue weighted by molar-refractivity contribution is 0.0695. The van der Waals surface area contributed by atoms with Crippen LogP contribution in [-0.2, 0) is 0 Å². The Morgan fingerprint density at radius 1 is 1.53 bits per heavy atom. The van der Waals surface area contributed by atoms with E-state index >= 15 is 0 Å². The van der Waals surface area contributed by atoms with E-state index < -0.39 is 11.8 Å². The van der Waals surface area contributed by atoms with E-state index in [2.05, 4.69) is 27.8 Å². The highest BCUT2D eigenvalue weighted by molar-refractivity contribution is 9.10. The van der Waals surface area contributed by atoms with Crippen LogP contribution in [0.15, 0.2) is 16.6 Å². The molecule has 5 heteroatoms. The molecule has 19 heavy (non-hydrogen) atoms. The fraction of sp³-hybridized carbons (Fsp3) is 0.500. The monoisotopic (exact) mass is 329 g/mol. The number of hydrogen-bond donors (Lipinski definition) is 1. The number of carbonyl (C=O) groups is 1. The quantitative estimate of drug-likeness (QED) is 0.909. The van der Waals surface area contributed by atoms with Gasteiger partial charge >= 0.3 is 5.97 Å². The van der Waals surface area contributed by atoms with Gasteiger partial charge in [0.05, 0.1) is 15.7 Å². The molecule has 3 nitrogen and oxygen atoms in total. The molecule has 0 bridgehead atoms. The second-order valence-corrected chi connectivity index (χ2v) is 5.61. The molecule has 104 valence electrons. The van der Waals surface area contributed by atoms with Crippen molar-refractivity contribution in [3.8, 4) is 0 Å². The number of benzene rings is 1. The van der Waals surface area contributed by atoms with E-state index in [0.29, 0.717) is 11.7 Å². The molecule has 1 N–H and O–H groups in total. The molecule has 1 aromatic carbocycles. The van der Waals surface area contributed by atoms with Gasteiger partial charge in [-0.25, -0.2) is 9.18 Å². The molecule has 0 radical (unpaired) electrons. The molecule has 1 aliphatic heterocycles. The predicted octanol–water partition coefficient (Wildman–Crippen LogP) is 4.06. The highest BCUT2D eigenvalue weighted by Crippen LogP contribution is 2.33. The van der Waals surface area contributed by atoms with Crippen LogP contribution in [0.25, 0.3) is 0 Å². The van der Waals surface area contributed by atoms with Crippen molar-refractivity contribution in [2.45, 2.75) is 38.6 Å². The largest absolute Gasteiger partial charge is 0.478 e. The first-order valence-electron chi connectivity index (χ1n) is 6.54. The zero-order valence-electron chi connectivity index (χ0n) is 10.8. The number of aromatic carboxylic acids is 1. The van der Waals surface area contributed by atoms with E-state index in [0.717, 1.165) is 25.8 Å². The first-order valence-corrected chi connectivity index (χ1v) is 7.33. The summed E-state index contributed by atoms with van der Waals surface area (Å²) in [5.74, 6) is -1.59. The molecule has 1 unspecified atom stereocenters. The van der Waals surface area contributed by atoms with Gasteiger partial charge in [-0.05, 0) is 53.7 Å². The molecule has 1 atom stereocenters. The summed E-state index contributed by atoms with van der Waals surface area (Å²) in [6.07, 6.45) is 4.26. The summed E-state index contributed by atoms with van der Waals surface area (Å²) in [7, 11) is 0. The van der Waals surface area contributed by atoms with Crippen LogP contribution in [0.2, 0.25) is 0 Å². The standard InChI is InChI=1S/C14H17BrFNO2/c1-2-9-5-3-4-8-17(9)11-7-6-10(14(18)19)12(15)13(11)16/h6-7,9H,2-5,8H2,1H3,(H,18,19). The van der Waals surface area contributed by atoms with E-state index in [1.165, 1.54) is 12.5 Å². The van der Waals surface area contributed by atoms with Gasteiger partial charge in [0.2, 0.25) is 0 Å². The van der Waals surface area contributed by atoms with Gasteiger partial charge < -0.3 is 10.0 Å². The van der Waals surface area contributed by atoms with Crippen molar-refractivity contribution < 1.29 is 14.3 Å². The maximum Gasteiger partial charge on any atom is 0.336 e. The molecule has 1 aromatic rings. The Bertz CT molecular complexity index is 493. The summed E-state index contributed by atoms with van der Waals surface area (Å²) < 4.78 is 14.4. The zero-order valence-corrected chi connectivity index (χ0v) is 12.4. The predicted molar refractivity (Wildman–Crippen MR) is 76.3 cm³/mol. The molecule has 1 saturated heterocycles. The second-order valence-electron chi connectivity index (χ2n) is 4.82. The summed E-state index contributed by atoms with van der Waals surface area (Å²) in [6.45, 7) is 2.93. The van der Waals surface area contributed by atoms with Gasteiger partial charge in [-0.1, -0.05) is 6.92 Å². The number of hydrogen-bond acceptors (Lipinski definition) is 2. The average Bonchev–Trinajstić information content (AvgIpc) is 2.41. The van der Waals surface area contributed by atoms with Gasteiger partial charge in [0.25, 0.3) is 0 Å². The van der Waals surface area contributed by atoms with Crippen LogP contribution in [0, 0.1) is 5.82 Å². The molecule has 1 heterocycles. The first-order chi connectivity index (χ1) is 9.06. The van der Waals surface area contributed by atoms with Crippen LogP contribution in [0.5, 0.6) is 0 Å². The first kappa shape index (κ1) is 14.3. The number of piperidine rings is 1. The van der Waals surface area contributed by atoms with Crippen molar-refractivity contribution in [3.63, 3.8) is 0 Å². The molecule has 0 spiro atoms. The lowest BCUT2D eigenvalue weighted by Gasteiger charge is -2.37. The van der Waals surface area contributed by atoms with E-state index in [1.54, 1.807) is 6.07 Å². The summed E-state index contributed by atoms with van der Waals surface area (Å²) in [6, 6.07) is 3.38. The van der Waals surface area contributed by atoms with Gasteiger partial charge in [0, 0.05) is 12.6 Å². The number of anilines is 1. The van der Waals surface area contributed by atoms with Crippen molar-refractivity contribution >= 4 is 27.6 Å². The Labute approximate surface area is 120 Å². The topological polar surface area (TPSA) is 40.5 Å². The SMILES string of the molecule is CCC1CCCCN1c1ccc(C(=O)O)c(Br)c1F. The Morgan fingerprint density at radius 3 is 2.89 bits per heavy atom. The van der Waals surface area contributed by atoms with Crippen molar-refractivity contribution in [2.24, 2.45) is 0 Å². The van der Waals surface area contributed by atoms with Crippen molar-refractivity contribution in [1.29, 1.82) is 0 Å². The number of rotatable bonds is 3. The van der Waals surface area contributed by atoms with Crippen LogP contribution < -0.4 is 4.90 Å². The maximum atomic E-state index is 14.4. The smallest absolute Gasteiger partial charge is 0.336 e. The Balaban J connectivity index is 2.39. The fourth-order valence-corrected chi connectivity index (χ4v) is 3.17. The van der Waals surface area contributed by atoms with Gasteiger partial charge in [0.1, 0.15) is 0 Å². The van der Waals surface area contributed by atoms with Crippen LogP contribution in [0.1, 0.15) is 43.0 Å². The molecule has 2 rings (SSSR count). The minimum absolute atomic E-state index is 0.0358. The van der Waals surface area contributed by atoms with Gasteiger partial charge in [0.15, 0.2) is 5.82 Å².